The summed E-state index contributed by atoms with van der Waals surface area (Å²) in [7, 11) is 0. The number of allylic oxidation sites excluding steroid dienone is 2. The zero-order chi connectivity index (χ0) is 12.6. The maximum absolute atomic E-state index is 3.65. The minimum atomic E-state index is 0.822. The van der Waals surface area contributed by atoms with Gasteiger partial charge in [-0.3, -0.25) is 0 Å². The number of piperidine rings is 1. The largest absolute Gasteiger partial charge is 0.316 e. The number of likely N-dealkylation sites (tertiary alicyclic amines) is 1. The molecule has 1 aliphatic carbocycles. The third-order valence-electron chi connectivity index (χ3n) is 4.55. The van der Waals surface area contributed by atoms with Gasteiger partial charge in [-0.2, -0.15) is 0 Å². The van der Waals surface area contributed by atoms with Crippen LogP contribution in [-0.4, -0.2) is 37.1 Å². The van der Waals surface area contributed by atoms with Gasteiger partial charge in [-0.15, -0.1) is 0 Å². The van der Waals surface area contributed by atoms with Crippen LogP contribution < -0.4 is 5.32 Å². The Balaban J connectivity index is 1.49. The normalized spacial score (nSPS) is 29.6. The van der Waals surface area contributed by atoms with Crippen LogP contribution in [0, 0.1) is 5.92 Å². The van der Waals surface area contributed by atoms with E-state index in [1.165, 1.54) is 71.1 Å². The van der Waals surface area contributed by atoms with E-state index >= 15 is 0 Å². The standard InChI is InChI=1S/C16H30N2/c1-15-8-5-6-12-18(15)13-7-11-17-14-16-9-3-2-4-10-16/h2-3,15-17H,4-14H2,1H3. The molecule has 1 aliphatic heterocycles. The third-order valence-corrected chi connectivity index (χ3v) is 4.55. The fourth-order valence-corrected chi connectivity index (χ4v) is 3.24. The summed E-state index contributed by atoms with van der Waals surface area (Å²) in [6.45, 7) is 7.43. The van der Waals surface area contributed by atoms with Crippen molar-refractivity contribution in [2.24, 2.45) is 5.92 Å². The van der Waals surface area contributed by atoms with Gasteiger partial charge in [0.05, 0.1) is 0 Å². The van der Waals surface area contributed by atoms with E-state index in [1.807, 2.05) is 0 Å². The Labute approximate surface area is 113 Å². The highest BCUT2D eigenvalue weighted by Gasteiger charge is 2.17. The minimum Gasteiger partial charge on any atom is -0.316 e. The number of hydrogen-bond acceptors (Lipinski definition) is 2. The molecule has 0 aromatic rings. The second-order valence-corrected chi connectivity index (χ2v) is 6.09. The fourth-order valence-electron chi connectivity index (χ4n) is 3.24. The summed E-state index contributed by atoms with van der Waals surface area (Å²) < 4.78 is 0. The van der Waals surface area contributed by atoms with E-state index in [9.17, 15) is 0 Å². The molecule has 0 aromatic carbocycles. The van der Waals surface area contributed by atoms with Gasteiger partial charge >= 0.3 is 0 Å². The molecule has 1 heterocycles. The molecule has 1 fully saturated rings. The first-order valence-corrected chi connectivity index (χ1v) is 7.96. The Morgan fingerprint density at radius 1 is 1.22 bits per heavy atom. The van der Waals surface area contributed by atoms with Gasteiger partial charge in [0.15, 0.2) is 0 Å². The number of hydrogen-bond donors (Lipinski definition) is 1. The van der Waals surface area contributed by atoms with Crippen molar-refractivity contribution in [3.63, 3.8) is 0 Å². The molecule has 18 heavy (non-hydrogen) atoms. The molecule has 0 amide bonds. The average Bonchev–Trinajstić information content (AvgIpc) is 2.42. The zero-order valence-corrected chi connectivity index (χ0v) is 12.0. The second-order valence-electron chi connectivity index (χ2n) is 6.09. The lowest BCUT2D eigenvalue weighted by Crippen LogP contribution is -2.39. The fraction of sp³-hybridized carbons (Fsp3) is 0.875. The van der Waals surface area contributed by atoms with Crippen molar-refractivity contribution in [3.8, 4) is 0 Å². The molecule has 1 N–H and O–H groups in total. The predicted octanol–water partition coefficient (Wildman–Crippen LogP) is 3.20. The summed E-state index contributed by atoms with van der Waals surface area (Å²) in [6, 6.07) is 0.822. The molecule has 0 saturated carbocycles. The van der Waals surface area contributed by atoms with E-state index in [0.717, 1.165) is 12.0 Å². The van der Waals surface area contributed by atoms with Crippen molar-refractivity contribution < 1.29 is 0 Å². The van der Waals surface area contributed by atoms with Gasteiger partial charge in [0.2, 0.25) is 0 Å². The van der Waals surface area contributed by atoms with Crippen molar-refractivity contribution in [2.75, 3.05) is 26.2 Å². The number of nitrogens with one attached hydrogen (secondary N) is 1. The lowest BCUT2D eigenvalue weighted by molar-refractivity contribution is 0.158. The highest BCUT2D eigenvalue weighted by molar-refractivity contribution is 4.90. The van der Waals surface area contributed by atoms with Gasteiger partial charge in [-0.05, 0) is 77.5 Å². The van der Waals surface area contributed by atoms with Crippen molar-refractivity contribution >= 4 is 0 Å². The van der Waals surface area contributed by atoms with Gasteiger partial charge in [0.25, 0.3) is 0 Å². The van der Waals surface area contributed by atoms with Crippen LogP contribution in [-0.2, 0) is 0 Å². The van der Waals surface area contributed by atoms with E-state index in [-0.39, 0.29) is 0 Å². The first kappa shape index (κ1) is 14.1. The zero-order valence-electron chi connectivity index (χ0n) is 12.0. The highest BCUT2D eigenvalue weighted by atomic mass is 15.2. The monoisotopic (exact) mass is 250 g/mol. The Bertz CT molecular complexity index is 249. The topological polar surface area (TPSA) is 15.3 Å². The lowest BCUT2D eigenvalue weighted by Gasteiger charge is -2.33. The summed E-state index contributed by atoms with van der Waals surface area (Å²) in [6.07, 6.45) is 14.2. The molecule has 104 valence electrons. The van der Waals surface area contributed by atoms with Crippen LogP contribution in [0.2, 0.25) is 0 Å². The van der Waals surface area contributed by atoms with E-state index in [1.54, 1.807) is 0 Å². The lowest BCUT2D eigenvalue weighted by atomic mass is 9.94. The molecular formula is C16H30N2. The van der Waals surface area contributed by atoms with Crippen molar-refractivity contribution in [2.45, 2.75) is 57.9 Å². The van der Waals surface area contributed by atoms with Crippen LogP contribution >= 0.6 is 0 Å². The first-order chi connectivity index (χ1) is 8.86. The van der Waals surface area contributed by atoms with Crippen LogP contribution in [0.15, 0.2) is 12.2 Å². The smallest absolute Gasteiger partial charge is 0.00669 e. The molecule has 2 atom stereocenters. The van der Waals surface area contributed by atoms with Crippen LogP contribution in [0.5, 0.6) is 0 Å². The molecule has 2 rings (SSSR count). The summed E-state index contributed by atoms with van der Waals surface area (Å²) in [5.74, 6) is 0.893. The molecule has 2 unspecified atom stereocenters. The van der Waals surface area contributed by atoms with Crippen LogP contribution in [0.1, 0.15) is 51.9 Å². The van der Waals surface area contributed by atoms with Gasteiger partial charge in [0.1, 0.15) is 0 Å². The quantitative estimate of drug-likeness (QED) is 0.575. The van der Waals surface area contributed by atoms with E-state index in [2.05, 4.69) is 29.3 Å². The molecule has 0 spiro atoms. The minimum absolute atomic E-state index is 0.822. The van der Waals surface area contributed by atoms with Crippen molar-refractivity contribution in [1.29, 1.82) is 0 Å². The molecule has 0 bridgehead atoms. The average molecular weight is 250 g/mol. The maximum Gasteiger partial charge on any atom is 0.00669 e. The SMILES string of the molecule is CC1CCCCN1CCCNCC1CC=CCC1. The Morgan fingerprint density at radius 2 is 2.17 bits per heavy atom. The van der Waals surface area contributed by atoms with E-state index < -0.39 is 0 Å². The Hall–Kier alpha value is -0.340. The molecule has 1 saturated heterocycles. The summed E-state index contributed by atoms with van der Waals surface area (Å²) in [4.78, 5) is 2.68. The van der Waals surface area contributed by atoms with Crippen molar-refractivity contribution in [3.05, 3.63) is 12.2 Å². The van der Waals surface area contributed by atoms with Gasteiger partial charge in [-0.1, -0.05) is 18.6 Å². The number of rotatable bonds is 6. The van der Waals surface area contributed by atoms with Crippen molar-refractivity contribution in [1.82, 2.24) is 10.2 Å². The molecule has 2 heteroatoms. The molecule has 0 aromatic heterocycles. The second kappa shape index (κ2) is 7.96. The van der Waals surface area contributed by atoms with Crippen LogP contribution in [0.3, 0.4) is 0 Å². The van der Waals surface area contributed by atoms with Gasteiger partial charge in [0, 0.05) is 6.04 Å². The highest BCUT2D eigenvalue weighted by Crippen LogP contribution is 2.17. The molecule has 2 aliphatic rings. The van der Waals surface area contributed by atoms with E-state index in [0.29, 0.717) is 0 Å². The number of nitrogens with zero attached hydrogens (tertiary/aromatic N) is 1. The van der Waals surface area contributed by atoms with E-state index in [4.69, 9.17) is 0 Å². The first-order valence-electron chi connectivity index (χ1n) is 7.96. The van der Waals surface area contributed by atoms with Gasteiger partial charge in [-0.25, -0.2) is 0 Å². The van der Waals surface area contributed by atoms with Crippen LogP contribution in [0.25, 0.3) is 0 Å². The third kappa shape index (κ3) is 4.74. The molecule has 0 radical (unpaired) electrons. The summed E-state index contributed by atoms with van der Waals surface area (Å²) in [5, 5.41) is 3.65. The summed E-state index contributed by atoms with van der Waals surface area (Å²) in [5.41, 5.74) is 0. The molecular weight excluding hydrogens is 220 g/mol. The maximum atomic E-state index is 3.65. The van der Waals surface area contributed by atoms with Crippen LogP contribution in [0.4, 0.5) is 0 Å². The van der Waals surface area contributed by atoms with Gasteiger partial charge < -0.3 is 10.2 Å². The molecule has 2 nitrogen and oxygen atoms in total. The summed E-state index contributed by atoms with van der Waals surface area (Å²) >= 11 is 0. The Kier molecular flexibility index (Phi) is 6.22. The Morgan fingerprint density at radius 3 is 2.94 bits per heavy atom. The predicted molar refractivity (Wildman–Crippen MR) is 78.9 cm³/mol.